The number of halogens is 2. The summed E-state index contributed by atoms with van der Waals surface area (Å²) in [5.74, 6) is -0.212. The molecule has 0 saturated heterocycles. The normalized spacial score (nSPS) is 10.1. The summed E-state index contributed by atoms with van der Waals surface area (Å²) in [6.07, 6.45) is 3.43. The van der Waals surface area contributed by atoms with Crippen molar-refractivity contribution in [3.05, 3.63) is 52.1 Å². The van der Waals surface area contributed by atoms with E-state index in [1.807, 2.05) is 18.2 Å². The van der Waals surface area contributed by atoms with Crippen LogP contribution in [0.2, 0.25) is 0 Å². The minimum Gasteiger partial charge on any atom is -0.264 e. The zero-order valence-corrected chi connectivity index (χ0v) is 9.40. The number of benzene rings is 1. The predicted molar refractivity (Wildman–Crippen MR) is 62.3 cm³/mol. The average Bonchev–Trinajstić information content (AvgIpc) is 2.18. The van der Waals surface area contributed by atoms with E-state index in [0.717, 1.165) is 14.7 Å². The topological polar surface area (TPSA) is 12.9 Å². The van der Waals surface area contributed by atoms with E-state index in [0.29, 0.717) is 0 Å². The van der Waals surface area contributed by atoms with Crippen molar-refractivity contribution >= 4 is 22.6 Å². The van der Waals surface area contributed by atoms with E-state index in [9.17, 15) is 4.39 Å². The summed E-state index contributed by atoms with van der Waals surface area (Å²) in [5, 5.41) is 0. The third-order valence-corrected chi connectivity index (χ3v) is 2.48. The second-order valence-corrected chi connectivity index (χ2v) is 4.15. The zero-order chi connectivity index (χ0) is 9.97. The van der Waals surface area contributed by atoms with Crippen molar-refractivity contribution in [1.29, 1.82) is 0 Å². The van der Waals surface area contributed by atoms with Crippen molar-refractivity contribution in [2.24, 2.45) is 0 Å². The number of aromatic nitrogens is 1. The van der Waals surface area contributed by atoms with E-state index >= 15 is 0 Å². The fourth-order valence-corrected chi connectivity index (χ4v) is 1.89. The number of pyridine rings is 1. The van der Waals surface area contributed by atoms with Gasteiger partial charge in [0.1, 0.15) is 5.82 Å². The first kappa shape index (κ1) is 9.58. The highest BCUT2D eigenvalue weighted by Gasteiger charge is 2.00. The van der Waals surface area contributed by atoms with Crippen LogP contribution in [0.1, 0.15) is 0 Å². The van der Waals surface area contributed by atoms with E-state index in [4.69, 9.17) is 0 Å². The molecule has 2 aromatic rings. The Morgan fingerprint density at radius 2 is 2.00 bits per heavy atom. The molecule has 0 atom stereocenters. The van der Waals surface area contributed by atoms with Crippen molar-refractivity contribution in [2.45, 2.75) is 0 Å². The molecule has 0 aliphatic rings. The van der Waals surface area contributed by atoms with Gasteiger partial charge in [-0.05, 0) is 52.4 Å². The van der Waals surface area contributed by atoms with Crippen LogP contribution >= 0.6 is 22.6 Å². The third-order valence-electron chi connectivity index (χ3n) is 1.86. The Labute approximate surface area is 95.1 Å². The molecular weight excluding hydrogens is 292 g/mol. The summed E-state index contributed by atoms with van der Waals surface area (Å²) in [5.41, 5.74) is 1.80. The summed E-state index contributed by atoms with van der Waals surface area (Å²) in [6, 6.07) is 8.70. The van der Waals surface area contributed by atoms with Gasteiger partial charge in [0.2, 0.25) is 0 Å². The van der Waals surface area contributed by atoms with Crippen LogP contribution in [0.25, 0.3) is 11.1 Å². The molecule has 0 N–H and O–H groups in total. The maximum absolute atomic E-state index is 13.1. The molecule has 70 valence electrons. The van der Waals surface area contributed by atoms with Crippen molar-refractivity contribution in [1.82, 2.24) is 4.98 Å². The fourth-order valence-electron chi connectivity index (χ4n) is 1.25. The molecule has 0 radical (unpaired) electrons. The van der Waals surface area contributed by atoms with E-state index < -0.39 is 0 Å². The molecule has 0 saturated carbocycles. The van der Waals surface area contributed by atoms with Gasteiger partial charge in [0, 0.05) is 21.5 Å². The van der Waals surface area contributed by atoms with Gasteiger partial charge in [0.15, 0.2) is 0 Å². The van der Waals surface area contributed by atoms with Gasteiger partial charge in [-0.3, -0.25) is 4.98 Å². The van der Waals surface area contributed by atoms with Crippen LogP contribution in [0.15, 0.2) is 42.7 Å². The maximum atomic E-state index is 13.1. The van der Waals surface area contributed by atoms with E-state index in [1.54, 1.807) is 12.4 Å². The largest absolute Gasteiger partial charge is 0.264 e. The number of nitrogens with zero attached hydrogens (tertiary/aromatic N) is 1. The molecule has 1 aromatic heterocycles. The first-order chi connectivity index (χ1) is 6.75. The maximum Gasteiger partial charge on any atom is 0.124 e. The molecule has 14 heavy (non-hydrogen) atoms. The molecule has 1 heterocycles. The smallest absolute Gasteiger partial charge is 0.124 e. The number of hydrogen-bond donors (Lipinski definition) is 0. The second-order valence-electron chi connectivity index (χ2n) is 2.90. The van der Waals surface area contributed by atoms with E-state index in [-0.39, 0.29) is 5.82 Å². The summed E-state index contributed by atoms with van der Waals surface area (Å²) in [6.45, 7) is 0. The van der Waals surface area contributed by atoms with Crippen molar-refractivity contribution in [3.63, 3.8) is 0 Å². The van der Waals surface area contributed by atoms with Crippen molar-refractivity contribution < 1.29 is 4.39 Å². The molecule has 3 heteroatoms. The Kier molecular flexibility index (Phi) is 2.77. The Hall–Kier alpha value is -0.970. The predicted octanol–water partition coefficient (Wildman–Crippen LogP) is 3.49. The van der Waals surface area contributed by atoms with Crippen LogP contribution in [0.4, 0.5) is 4.39 Å². The van der Waals surface area contributed by atoms with Gasteiger partial charge < -0.3 is 0 Å². The molecule has 2 rings (SSSR count). The van der Waals surface area contributed by atoms with Crippen molar-refractivity contribution in [2.75, 3.05) is 0 Å². The lowest BCUT2D eigenvalue weighted by molar-refractivity contribution is 0.627. The standard InChI is InChI=1S/C11H7FIN/c12-10-4-9(5-11(13)6-10)8-2-1-3-14-7-8/h1-7H. The molecule has 0 aliphatic heterocycles. The van der Waals surface area contributed by atoms with Crippen LogP contribution in [-0.4, -0.2) is 4.98 Å². The lowest BCUT2D eigenvalue weighted by Gasteiger charge is -2.01. The molecule has 0 fully saturated rings. The molecule has 0 spiro atoms. The highest BCUT2D eigenvalue weighted by molar-refractivity contribution is 14.1. The number of rotatable bonds is 1. The molecule has 0 aliphatic carbocycles. The first-order valence-electron chi connectivity index (χ1n) is 4.12. The van der Waals surface area contributed by atoms with Gasteiger partial charge in [-0.15, -0.1) is 0 Å². The minimum atomic E-state index is -0.212. The summed E-state index contributed by atoms with van der Waals surface area (Å²) < 4.78 is 14.0. The zero-order valence-electron chi connectivity index (χ0n) is 7.24. The number of hydrogen-bond acceptors (Lipinski definition) is 1. The van der Waals surface area contributed by atoms with Gasteiger partial charge >= 0.3 is 0 Å². The van der Waals surface area contributed by atoms with Gasteiger partial charge in [0.05, 0.1) is 0 Å². The van der Waals surface area contributed by atoms with E-state index in [2.05, 4.69) is 27.6 Å². The molecule has 1 aromatic carbocycles. The van der Waals surface area contributed by atoms with Crippen LogP contribution < -0.4 is 0 Å². The molecule has 0 amide bonds. The molecule has 0 unspecified atom stereocenters. The van der Waals surface area contributed by atoms with Crippen LogP contribution in [0, 0.1) is 9.39 Å². The third kappa shape index (κ3) is 2.09. The van der Waals surface area contributed by atoms with Crippen LogP contribution in [0.3, 0.4) is 0 Å². The second kappa shape index (κ2) is 4.04. The Bertz CT molecular complexity index is 422. The lowest BCUT2D eigenvalue weighted by Crippen LogP contribution is -1.83. The summed E-state index contributed by atoms with van der Waals surface area (Å²) >= 11 is 2.10. The monoisotopic (exact) mass is 299 g/mol. The average molecular weight is 299 g/mol. The highest BCUT2D eigenvalue weighted by atomic mass is 127. The van der Waals surface area contributed by atoms with Crippen LogP contribution in [0.5, 0.6) is 0 Å². The molecular formula is C11H7FIN. The summed E-state index contributed by atoms with van der Waals surface area (Å²) in [7, 11) is 0. The first-order valence-corrected chi connectivity index (χ1v) is 5.20. The molecule has 0 bridgehead atoms. The Morgan fingerprint density at radius 1 is 1.14 bits per heavy atom. The Morgan fingerprint density at radius 3 is 2.64 bits per heavy atom. The van der Waals surface area contributed by atoms with Crippen molar-refractivity contribution in [3.8, 4) is 11.1 Å². The SMILES string of the molecule is Fc1cc(I)cc(-c2cccnc2)c1. The quantitative estimate of drug-likeness (QED) is 0.735. The minimum absolute atomic E-state index is 0.212. The Balaban J connectivity index is 2.52. The highest BCUT2D eigenvalue weighted by Crippen LogP contribution is 2.21. The fraction of sp³-hybridized carbons (Fsp3) is 0. The van der Waals surface area contributed by atoms with Crippen LogP contribution in [-0.2, 0) is 0 Å². The van der Waals surface area contributed by atoms with Gasteiger partial charge in [0.25, 0.3) is 0 Å². The summed E-state index contributed by atoms with van der Waals surface area (Å²) in [4.78, 5) is 4.00. The lowest BCUT2D eigenvalue weighted by atomic mass is 10.1. The van der Waals surface area contributed by atoms with Gasteiger partial charge in [-0.25, -0.2) is 4.39 Å². The van der Waals surface area contributed by atoms with Gasteiger partial charge in [-0.2, -0.15) is 0 Å². The molecule has 1 nitrogen and oxygen atoms in total. The van der Waals surface area contributed by atoms with E-state index in [1.165, 1.54) is 12.1 Å². The van der Waals surface area contributed by atoms with Gasteiger partial charge in [-0.1, -0.05) is 6.07 Å².